The average Bonchev–Trinajstić information content (AvgIpc) is 2.62. The van der Waals surface area contributed by atoms with Gasteiger partial charge < -0.3 is 15.4 Å². The summed E-state index contributed by atoms with van der Waals surface area (Å²) in [6, 6.07) is 0.0346. The maximum absolute atomic E-state index is 9.84. The Hall–Kier alpha value is -0.870. The van der Waals surface area contributed by atoms with E-state index in [0.717, 1.165) is 19.3 Å². The van der Waals surface area contributed by atoms with Gasteiger partial charge >= 0.3 is 0 Å². The van der Waals surface area contributed by atoms with Gasteiger partial charge in [0, 0.05) is 18.4 Å². The number of aromatic nitrogens is 2. The van der Waals surface area contributed by atoms with E-state index in [1.165, 1.54) is 0 Å². The SMILES string of the molecule is N[C@@H]1CCC[C@@H](n2ccnc2)[C@@H]1O. The molecular formula is C9H15N3O. The highest BCUT2D eigenvalue weighted by atomic mass is 16.3. The van der Waals surface area contributed by atoms with Gasteiger partial charge in [0.05, 0.1) is 18.5 Å². The van der Waals surface area contributed by atoms with Crippen molar-refractivity contribution in [1.82, 2.24) is 9.55 Å². The fourth-order valence-electron chi connectivity index (χ4n) is 1.98. The van der Waals surface area contributed by atoms with Crippen LogP contribution in [0.2, 0.25) is 0 Å². The number of hydrogen-bond donors (Lipinski definition) is 2. The number of aliphatic hydroxyl groups excluding tert-OH is 1. The smallest absolute Gasteiger partial charge is 0.0949 e. The number of hydrogen-bond acceptors (Lipinski definition) is 3. The molecule has 3 atom stereocenters. The van der Waals surface area contributed by atoms with Gasteiger partial charge in [-0.05, 0) is 19.3 Å². The lowest BCUT2D eigenvalue weighted by atomic mass is 9.88. The van der Waals surface area contributed by atoms with Gasteiger partial charge in [-0.25, -0.2) is 4.98 Å². The van der Waals surface area contributed by atoms with E-state index < -0.39 is 6.10 Å². The van der Waals surface area contributed by atoms with Crippen LogP contribution in [0.3, 0.4) is 0 Å². The number of nitrogens with two attached hydrogens (primary N) is 1. The van der Waals surface area contributed by atoms with Crippen molar-refractivity contribution in [3.63, 3.8) is 0 Å². The monoisotopic (exact) mass is 181 g/mol. The molecule has 4 nitrogen and oxygen atoms in total. The van der Waals surface area contributed by atoms with Crippen LogP contribution in [0, 0.1) is 0 Å². The minimum absolute atomic E-state index is 0.0823. The summed E-state index contributed by atoms with van der Waals surface area (Å²) in [4.78, 5) is 3.97. The predicted octanol–water partition coefficient (Wildman–Crippen LogP) is 0.296. The maximum Gasteiger partial charge on any atom is 0.0949 e. The molecule has 1 heterocycles. The number of rotatable bonds is 1. The van der Waals surface area contributed by atoms with E-state index in [9.17, 15) is 5.11 Å². The molecule has 1 aromatic rings. The molecule has 72 valence electrons. The Morgan fingerprint density at radius 3 is 3.00 bits per heavy atom. The molecule has 1 aliphatic carbocycles. The van der Waals surface area contributed by atoms with E-state index >= 15 is 0 Å². The third-order valence-corrected chi connectivity index (χ3v) is 2.78. The van der Waals surface area contributed by atoms with Crippen LogP contribution in [-0.4, -0.2) is 26.8 Å². The standard InChI is InChI=1S/C9H15N3O/c10-7-2-1-3-8(9(7)13)12-5-4-11-6-12/h4-9,13H,1-3,10H2/t7-,8-,9-/m1/s1. The van der Waals surface area contributed by atoms with Gasteiger partial charge in [-0.3, -0.25) is 0 Å². The number of nitrogens with zero attached hydrogens (tertiary/aromatic N) is 2. The van der Waals surface area contributed by atoms with Gasteiger partial charge in [-0.15, -0.1) is 0 Å². The largest absolute Gasteiger partial charge is 0.389 e. The van der Waals surface area contributed by atoms with Crippen molar-refractivity contribution in [2.45, 2.75) is 37.5 Å². The van der Waals surface area contributed by atoms with Crippen molar-refractivity contribution in [2.75, 3.05) is 0 Å². The third-order valence-electron chi connectivity index (χ3n) is 2.78. The summed E-state index contributed by atoms with van der Waals surface area (Å²) in [5, 5.41) is 9.84. The quantitative estimate of drug-likeness (QED) is 0.654. The third kappa shape index (κ3) is 1.59. The van der Waals surface area contributed by atoms with Gasteiger partial charge in [0.25, 0.3) is 0 Å². The average molecular weight is 181 g/mol. The van der Waals surface area contributed by atoms with Gasteiger partial charge in [0.2, 0.25) is 0 Å². The molecule has 0 aliphatic heterocycles. The van der Waals surface area contributed by atoms with Crippen LogP contribution in [0.25, 0.3) is 0 Å². The van der Waals surface area contributed by atoms with Crippen LogP contribution in [0.5, 0.6) is 0 Å². The van der Waals surface area contributed by atoms with Crippen molar-refractivity contribution < 1.29 is 5.11 Å². The zero-order valence-corrected chi connectivity index (χ0v) is 7.50. The first-order valence-corrected chi connectivity index (χ1v) is 4.70. The van der Waals surface area contributed by atoms with Crippen LogP contribution in [0.1, 0.15) is 25.3 Å². The summed E-state index contributed by atoms with van der Waals surface area (Å²) >= 11 is 0. The summed E-state index contributed by atoms with van der Waals surface area (Å²) in [6.07, 6.45) is 7.92. The molecule has 0 aromatic carbocycles. The summed E-state index contributed by atoms with van der Waals surface area (Å²) < 4.78 is 1.95. The van der Waals surface area contributed by atoms with E-state index in [2.05, 4.69) is 4.98 Å². The summed E-state index contributed by atoms with van der Waals surface area (Å²) in [6.45, 7) is 0. The maximum atomic E-state index is 9.84. The molecular weight excluding hydrogens is 166 g/mol. The topological polar surface area (TPSA) is 64.1 Å². The highest BCUT2D eigenvalue weighted by molar-refractivity contribution is 4.91. The summed E-state index contributed by atoms with van der Waals surface area (Å²) in [7, 11) is 0. The molecule has 0 saturated heterocycles. The molecule has 1 aliphatic rings. The lowest BCUT2D eigenvalue weighted by Crippen LogP contribution is -2.43. The molecule has 0 amide bonds. The van der Waals surface area contributed by atoms with E-state index in [0.29, 0.717) is 0 Å². The molecule has 3 N–H and O–H groups in total. The Balaban J connectivity index is 2.14. The van der Waals surface area contributed by atoms with Gasteiger partial charge in [0.1, 0.15) is 0 Å². The van der Waals surface area contributed by atoms with Gasteiger partial charge in [-0.1, -0.05) is 0 Å². The lowest BCUT2D eigenvalue weighted by molar-refractivity contribution is 0.0570. The normalized spacial score (nSPS) is 34.8. The van der Waals surface area contributed by atoms with E-state index in [4.69, 9.17) is 5.73 Å². The predicted molar refractivity (Wildman–Crippen MR) is 49.1 cm³/mol. The second-order valence-electron chi connectivity index (χ2n) is 3.66. The molecule has 0 unspecified atom stereocenters. The van der Waals surface area contributed by atoms with Crippen molar-refractivity contribution in [3.05, 3.63) is 18.7 Å². The van der Waals surface area contributed by atoms with Crippen molar-refractivity contribution in [3.8, 4) is 0 Å². The molecule has 2 rings (SSSR count). The minimum Gasteiger partial charge on any atom is -0.389 e. The number of aliphatic hydroxyl groups is 1. The zero-order valence-electron chi connectivity index (χ0n) is 7.50. The zero-order chi connectivity index (χ0) is 9.26. The van der Waals surface area contributed by atoms with Crippen LogP contribution in [0.15, 0.2) is 18.7 Å². The van der Waals surface area contributed by atoms with Crippen molar-refractivity contribution in [2.24, 2.45) is 5.73 Å². The first-order chi connectivity index (χ1) is 6.29. The Labute approximate surface area is 77.4 Å². The fourth-order valence-corrected chi connectivity index (χ4v) is 1.98. The van der Waals surface area contributed by atoms with Crippen LogP contribution in [-0.2, 0) is 0 Å². The summed E-state index contributed by atoms with van der Waals surface area (Å²) in [5.74, 6) is 0. The van der Waals surface area contributed by atoms with E-state index in [1.54, 1.807) is 12.5 Å². The second kappa shape index (κ2) is 3.47. The summed E-state index contributed by atoms with van der Waals surface area (Å²) in [5.41, 5.74) is 5.79. The first kappa shape index (κ1) is 8.72. The molecule has 1 aromatic heterocycles. The van der Waals surface area contributed by atoms with Crippen LogP contribution in [0.4, 0.5) is 0 Å². The highest BCUT2D eigenvalue weighted by Crippen LogP contribution is 2.27. The molecule has 1 saturated carbocycles. The van der Waals surface area contributed by atoms with Crippen molar-refractivity contribution >= 4 is 0 Å². The first-order valence-electron chi connectivity index (χ1n) is 4.70. The Kier molecular flexibility index (Phi) is 2.33. The Bertz CT molecular complexity index is 260. The highest BCUT2D eigenvalue weighted by Gasteiger charge is 2.29. The molecule has 1 fully saturated rings. The van der Waals surface area contributed by atoms with Gasteiger partial charge in [0.15, 0.2) is 0 Å². The minimum atomic E-state index is -0.428. The van der Waals surface area contributed by atoms with E-state index in [-0.39, 0.29) is 12.1 Å². The lowest BCUT2D eigenvalue weighted by Gasteiger charge is -2.33. The molecule has 13 heavy (non-hydrogen) atoms. The second-order valence-corrected chi connectivity index (χ2v) is 3.66. The van der Waals surface area contributed by atoms with Crippen molar-refractivity contribution in [1.29, 1.82) is 0 Å². The molecule has 0 bridgehead atoms. The fraction of sp³-hybridized carbons (Fsp3) is 0.667. The van der Waals surface area contributed by atoms with Gasteiger partial charge in [-0.2, -0.15) is 0 Å². The Morgan fingerprint density at radius 2 is 2.31 bits per heavy atom. The number of imidazole rings is 1. The van der Waals surface area contributed by atoms with E-state index in [1.807, 2.05) is 10.8 Å². The van der Waals surface area contributed by atoms with Crippen LogP contribution >= 0.6 is 0 Å². The molecule has 4 heteroatoms. The molecule has 0 radical (unpaired) electrons. The van der Waals surface area contributed by atoms with Crippen LogP contribution < -0.4 is 5.73 Å². The molecule has 0 spiro atoms. The Morgan fingerprint density at radius 1 is 1.46 bits per heavy atom.